The molecule has 0 unspecified atom stereocenters. The van der Waals surface area contributed by atoms with Gasteiger partial charge in [0.2, 0.25) is 17.6 Å². The minimum Gasteiger partial charge on any atom is -0.451 e. The number of hydrogen-bond acceptors (Lipinski definition) is 5. The van der Waals surface area contributed by atoms with Crippen molar-refractivity contribution in [3.05, 3.63) is 77.9 Å². The van der Waals surface area contributed by atoms with Crippen LogP contribution in [0.1, 0.15) is 34.1 Å². The highest BCUT2D eigenvalue weighted by molar-refractivity contribution is 6.22. The monoisotopic (exact) mass is 441 g/mol. The predicted octanol–water partition coefficient (Wildman–Crippen LogP) is 3.67. The molecule has 5 aliphatic rings. The Morgan fingerprint density at radius 3 is 2.00 bits per heavy atom. The minimum absolute atomic E-state index is 0.132. The maximum Gasteiger partial charge on any atom is 0.338 e. The van der Waals surface area contributed by atoms with E-state index >= 15 is 0 Å². The third-order valence-corrected chi connectivity index (χ3v) is 7.74. The van der Waals surface area contributed by atoms with Crippen molar-refractivity contribution in [2.45, 2.75) is 19.4 Å². The first-order chi connectivity index (χ1) is 16.0. The maximum absolute atomic E-state index is 13.2. The molecule has 0 N–H and O–H groups in total. The zero-order chi connectivity index (χ0) is 22.9. The Bertz CT molecular complexity index is 1160. The Morgan fingerprint density at radius 2 is 1.42 bits per heavy atom. The number of Topliss-reactive ketones (excluding diaryl/α,β-unsaturated/α-hetero) is 1. The number of amides is 2. The van der Waals surface area contributed by atoms with Gasteiger partial charge in [-0.05, 0) is 61.3 Å². The summed E-state index contributed by atoms with van der Waals surface area (Å²) in [5.41, 5.74) is 1.20. The molecule has 0 aromatic heterocycles. The van der Waals surface area contributed by atoms with Crippen molar-refractivity contribution >= 4 is 29.3 Å². The third kappa shape index (κ3) is 3.00. The first-order valence-electron chi connectivity index (χ1n) is 11.4. The highest BCUT2D eigenvalue weighted by Gasteiger charge is 2.67. The van der Waals surface area contributed by atoms with Gasteiger partial charge in [-0.25, -0.2) is 4.79 Å². The molecule has 33 heavy (non-hydrogen) atoms. The van der Waals surface area contributed by atoms with Crippen molar-refractivity contribution in [2.75, 3.05) is 4.90 Å². The largest absolute Gasteiger partial charge is 0.451 e. The van der Waals surface area contributed by atoms with E-state index in [1.165, 1.54) is 24.0 Å². The first-order valence-corrected chi connectivity index (χ1v) is 11.4. The predicted molar refractivity (Wildman–Crippen MR) is 119 cm³/mol. The molecule has 2 aromatic carbocycles. The number of esters is 1. The number of anilines is 1. The molecule has 2 aromatic rings. The molecule has 1 saturated heterocycles. The summed E-state index contributed by atoms with van der Waals surface area (Å²) in [6, 6.07) is 14.9. The van der Waals surface area contributed by atoms with E-state index in [9.17, 15) is 19.2 Å². The Balaban J connectivity index is 1.17. The van der Waals surface area contributed by atoms with Crippen LogP contribution in [-0.2, 0) is 14.3 Å². The molecule has 4 aliphatic carbocycles. The highest BCUT2D eigenvalue weighted by atomic mass is 16.5. The molecule has 6 heteroatoms. The van der Waals surface area contributed by atoms with E-state index in [-0.39, 0.29) is 46.8 Å². The average molecular weight is 441 g/mol. The number of carbonyl (C=O) groups is 4. The Kier molecular flexibility index (Phi) is 4.41. The number of ether oxygens (including phenoxy) is 1. The minimum atomic E-state index is -0.932. The van der Waals surface area contributed by atoms with E-state index < -0.39 is 12.1 Å². The summed E-state index contributed by atoms with van der Waals surface area (Å²) in [6.07, 6.45) is 4.48. The molecule has 7 rings (SSSR count). The van der Waals surface area contributed by atoms with Gasteiger partial charge >= 0.3 is 5.97 Å². The quantitative estimate of drug-likeness (QED) is 0.306. The topological polar surface area (TPSA) is 80.8 Å². The molecule has 2 bridgehead atoms. The molecular formula is C27H23NO5. The number of imide groups is 1. The Hall–Kier alpha value is -3.54. The summed E-state index contributed by atoms with van der Waals surface area (Å²) in [4.78, 5) is 52.8. The molecule has 0 radical (unpaired) electrons. The lowest BCUT2D eigenvalue weighted by molar-refractivity contribution is -0.124. The number of hydrogen-bond donors (Lipinski definition) is 0. The van der Waals surface area contributed by atoms with Crippen LogP contribution in [0.2, 0.25) is 0 Å². The fourth-order valence-corrected chi connectivity index (χ4v) is 6.08. The zero-order valence-corrected chi connectivity index (χ0v) is 18.1. The molecule has 7 atom stereocenters. The van der Waals surface area contributed by atoms with Crippen molar-refractivity contribution in [3.63, 3.8) is 0 Å². The second-order valence-corrected chi connectivity index (χ2v) is 9.49. The molecule has 166 valence electrons. The first kappa shape index (κ1) is 20.1. The van der Waals surface area contributed by atoms with Gasteiger partial charge in [-0.2, -0.15) is 0 Å². The van der Waals surface area contributed by atoms with Gasteiger partial charge in [0, 0.05) is 5.56 Å². The molecule has 0 spiro atoms. The average Bonchev–Trinajstić information content (AvgIpc) is 3.62. The van der Waals surface area contributed by atoms with E-state index in [0.29, 0.717) is 23.1 Å². The lowest BCUT2D eigenvalue weighted by Gasteiger charge is -2.37. The van der Waals surface area contributed by atoms with Gasteiger partial charge in [-0.1, -0.05) is 42.5 Å². The summed E-state index contributed by atoms with van der Waals surface area (Å²) in [5.74, 6) is -0.248. The van der Waals surface area contributed by atoms with Crippen molar-refractivity contribution in [3.8, 4) is 0 Å². The summed E-state index contributed by atoms with van der Waals surface area (Å²) in [5, 5.41) is 0. The summed E-state index contributed by atoms with van der Waals surface area (Å²) in [6.45, 7) is 1.54. The number of benzene rings is 2. The van der Waals surface area contributed by atoms with Crippen LogP contribution in [0.5, 0.6) is 0 Å². The molecule has 3 fully saturated rings. The molecule has 2 amide bonds. The second kappa shape index (κ2) is 7.24. The van der Waals surface area contributed by atoms with Gasteiger partial charge in [0.05, 0.1) is 23.1 Å². The standard InChI is InChI=1S/C27H23NO5/c1-14(24(29)15-5-3-2-4-6-15)33-27(32)16-7-9-17(10-8-16)28-25(30)22-18-11-12-19(21-13-20(18)21)23(22)26(28)31/h2-12,14,18-23H,13H2,1H3/t14-,18-,19-,20-,21-,22+,23+/m1/s1. The van der Waals surface area contributed by atoms with E-state index in [1.54, 1.807) is 36.4 Å². The van der Waals surface area contributed by atoms with Gasteiger partial charge in [-0.3, -0.25) is 19.3 Å². The van der Waals surface area contributed by atoms with Gasteiger partial charge in [0.15, 0.2) is 6.10 Å². The zero-order valence-electron chi connectivity index (χ0n) is 18.1. The summed E-state index contributed by atoms with van der Waals surface area (Å²) in [7, 11) is 0. The van der Waals surface area contributed by atoms with E-state index in [2.05, 4.69) is 12.2 Å². The van der Waals surface area contributed by atoms with Crippen LogP contribution < -0.4 is 4.90 Å². The fourth-order valence-electron chi connectivity index (χ4n) is 6.08. The SMILES string of the molecule is C[C@@H](OC(=O)c1ccc(N2C(=O)[C@H]3[C@@H]4C=C[C@H]([C@H]5C[C@H]45)[C@@H]3C2=O)cc1)C(=O)c1ccccc1. The smallest absolute Gasteiger partial charge is 0.338 e. The number of nitrogens with zero attached hydrogens (tertiary/aromatic N) is 1. The Labute approximate surface area is 191 Å². The molecule has 1 heterocycles. The fraction of sp³-hybridized carbons (Fsp3) is 0.333. The van der Waals surface area contributed by atoms with E-state index in [1.807, 2.05) is 6.07 Å². The van der Waals surface area contributed by atoms with Crippen LogP contribution in [0.4, 0.5) is 5.69 Å². The lowest BCUT2D eigenvalue weighted by atomic mass is 9.63. The van der Waals surface area contributed by atoms with Crippen molar-refractivity contribution < 1.29 is 23.9 Å². The normalized spacial score (nSPS) is 31.7. The molecule has 6 nitrogen and oxygen atoms in total. The van der Waals surface area contributed by atoms with Crippen molar-refractivity contribution in [2.24, 2.45) is 35.5 Å². The second-order valence-electron chi connectivity index (χ2n) is 9.49. The number of allylic oxidation sites excluding steroid dienone is 2. The molecule has 1 aliphatic heterocycles. The van der Waals surface area contributed by atoms with Crippen LogP contribution >= 0.6 is 0 Å². The van der Waals surface area contributed by atoms with Crippen molar-refractivity contribution in [1.29, 1.82) is 0 Å². The van der Waals surface area contributed by atoms with Crippen LogP contribution in [0.25, 0.3) is 0 Å². The van der Waals surface area contributed by atoms with Gasteiger partial charge in [0.25, 0.3) is 0 Å². The van der Waals surface area contributed by atoms with Gasteiger partial charge < -0.3 is 4.74 Å². The summed E-state index contributed by atoms with van der Waals surface area (Å²) < 4.78 is 5.35. The van der Waals surface area contributed by atoms with Gasteiger partial charge in [0.1, 0.15) is 0 Å². The van der Waals surface area contributed by atoms with Crippen LogP contribution in [0.3, 0.4) is 0 Å². The van der Waals surface area contributed by atoms with E-state index in [0.717, 1.165) is 6.42 Å². The Morgan fingerprint density at radius 1 is 0.848 bits per heavy atom. The highest BCUT2D eigenvalue weighted by Crippen LogP contribution is 2.65. The van der Waals surface area contributed by atoms with Crippen LogP contribution in [0.15, 0.2) is 66.7 Å². The van der Waals surface area contributed by atoms with Crippen LogP contribution in [-0.4, -0.2) is 29.7 Å². The van der Waals surface area contributed by atoms with E-state index in [4.69, 9.17) is 4.74 Å². The van der Waals surface area contributed by atoms with Crippen LogP contribution in [0, 0.1) is 35.5 Å². The number of carbonyl (C=O) groups excluding carboxylic acids is 4. The molecular weight excluding hydrogens is 418 g/mol. The van der Waals surface area contributed by atoms with Crippen molar-refractivity contribution in [1.82, 2.24) is 0 Å². The molecule has 2 saturated carbocycles. The third-order valence-electron chi connectivity index (χ3n) is 7.74. The van der Waals surface area contributed by atoms with Gasteiger partial charge in [-0.15, -0.1) is 0 Å². The maximum atomic E-state index is 13.2. The number of ketones is 1. The summed E-state index contributed by atoms with van der Waals surface area (Å²) >= 11 is 0. The lowest BCUT2D eigenvalue weighted by Crippen LogP contribution is -2.40. The number of rotatable bonds is 5.